The molecule has 84 valence electrons. The zero-order valence-electron chi connectivity index (χ0n) is 8.79. The minimum Gasteiger partial charge on any atom is -0.391 e. The topological polar surface area (TPSA) is 110 Å². The van der Waals surface area contributed by atoms with Crippen LogP contribution in [0.15, 0.2) is 11.1 Å². The first-order chi connectivity index (χ1) is 7.15. The van der Waals surface area contributed by atoms with E-state index in [4.69, 9.17) is 11.5 Å². The molecule has 0 fully saturated rings. The summed E-state index contributed by atoms with van der Waals surface area (Å²) in [7, 11) is 0. The number of aromatic amines is 1. The van der Waals surface area contributed by atoms with Crippen LogP contribution in [0.4, 0.5) is 11.5 Å². The van der Waals surface area contributed by atoms with E-state index in [9.17, 15) is 4.79 Å². The SMILES string of the molecule is CC(CCCN)Nc1nc[nH]c(=O)c1N. The van der Waals surface area contributed by atoms with Crippen LogP contribution in [-0.2, 0) is 0 Å². The fraction of sp³-hybridized carbons (Fsp3) is 0.556. The van der Waals surface area contributed by atoms with E-state index in [1.807, 2.05) is 6.92 Å². The van der Waals surface area contributed by atoms with Gasteiger partial charge in [-0.05, 0) is 26.3 Å². The van der Waals surface area contributed by atoms with Crippen LogP contribution in [0.2, 0.25) is 0 Å². The molecule has 0 bridgehead atoms. The Kier molecular flexibility index (Phi) is 4.11. The summed E-state index contributed by atoms with van der Waals surface area (Å²) >= 11 is 0. The van der Waals surface area contributed by atoms with E-state index in [0.29, 0.717) is 12.4 Å². The maximum absolute atomic E-state index is 11.2. The van der Waals surface area contributed by atoms with Crippen molar-refractivity contribution < 1.29 is 0 Å². The highest BCUT2D eigenvalue weighted by atomic mass is 16.1. The lowest BCUT2D eigenvalue weighted by atomic mass is 10.2. The lowest BCUT2D eigenvalue weighted by Gasteiger charge is -2.14. The predicted octanol–water partition coefficient (Wildman–Crippen LogP) is -0.109. The van der Waals surface area contributed by atoms with Gasteiger partial charge in [-0.15, -0.1) is 0 Å². The smallest absolute Gasteiger partial charge is 0.276 e. The van der Waals surface area contributed by atoms with E-state index in [-0.39, 0.29) is 17.3 Å². The van der Waals surface area contributed by atoms with E-state index in [2.05, 4.69) is 15.3 Å². The molecule has 0 spiro atoms. The third-order valence-electron chi connectivity index (χ3n) is 2.11. The second kappa shape index (κ2) is 5.35. The van der Waals surface area contributed by atoms with Gasteiger partial charge in [0.2, 0.25) is 0 Å². The van der Waals surface area contributed by atoms with Crippen molar-refractivity contribution >= 4 is 11.5 Å². The van der Waals surface area contributed by atoms with E-state index in [1.165, 1.54) is 6.33 Å². The van der Waals surface area contributed by atoms with Gasteiger partial charge in [0.1, 0.15) is 5.69 Å². The van der Waals surface area contributed by atoms with Crippen LogP contribution in [0.1, 0.15) is 19.8 Å². The number of nitrogen functional groups attached to an aromatic ring is 1. The maximum Gasteiger partial charge on any atom is 0.276 e. The van der Waals surface area contributed by atoms with Crippen molar-refractivity contribution in [2.75, 3.05) is 17.6 Å². The molecule has 0 saturated heterocycles. The Morgan fingerprint density at radius 1 is 1.67 bits per heavy atom. The van der Waals surface area contributed by atoms with Crippen molar-refractivity contribution in [3.8, 4) is 0 Å². The Balaban J connectivity index is 2.64. The van der Waals surface area contributed by atoms with Gasteiger partial charge < -0.3 is 21.8 Å². The van der Waals surface area contributed by atoms with Crippen LogP contribution in [0.5, 0.6) is 0 Å². The molecule has 0 radical (unpaired) electrons. The number of hydrogen-bond donors (Lipinski definition) is 4. The average Bonchev–Trinajstić information content (AvgIpc) is 2.22. The van der Waals surface area contributed by atoms with Gasteiger partial charge in [-0.2, -0.15) is 0 Å². The first kappa shape index (κ1) is 11.5. The number of aromatic nitrogens is 2. The van der Waals surface area contributed by atoms with E-state index in [0.717, 1.165) is 12.8 Å². The second-order valence-corrected chi connectivity index (χ2v) is 3.47. The molecule has 6 N–H and O–H groups in total. The van der Waals surface area contributed by atoms with E-state index in [1.54, 1.807) is 0 Å². The Hall–Kier alpha value is -1.56. The molecule has 1 atom stereocenters. The number of nitrogens with one attached hydrogen (secondary N) is 2. The maximum atomic E-state index is 11.2. The van der Waals surface area contributed by atoms with Gasteiger partial charge in [0.05, 0.1) is 6.33 Å². The molecule has 1 aromatic rings. The predicted molar refractivity (Wildman–Crippen MR) is 60.6 cm³/mol. The zero-order valence-corrected chi connectivity index (χ0v) is 8.79. The molecule has 0 aliphatic carbocycles. The van der Waals surface area contributed by atoms with Crippen molar-refractivity contribution in [2.24, 2.45) is 5.73 Å². The van der Waals surface area contributed by atoms with Crippen LogP contribution < -0.4 is 22.3 Å². The van der Waals surface area contributed by atoms with Crippen LogP contribution in [0.25, 0.3) is 0 Å². The zero-order chi connectivity index (χ0) is 11.3. The van der Waals surface area contributed by atoms with Gasteiger partial charge in [0.25, 0.3) is 5.56 Å². The third-order valence-corrected chi connectivity index (χ3v) is 2.11. The first-order valence-corrected chi connectivity index (χ1v) is 4.95. The summed E-state index contributed by atoms with van der Waals surface area (Å²) in [5.41, 5.74) is 10.8. The van der Waals surface area contributed by atoms with Crippen LogP contribution in [0, 0.1) is 0 Å². The standard InChI is InChI=1S/C9H17N5O/c1-6(3-2-4-10)14-8-7(11)9(15)13-5-12-8/h5-6H,2-4,10-11H2,1H3,(H2,12,13,14,15). The number of nitrogens with zero attached hydrogens (tertiary/aromatic N) is 1. The molecular weight excluding hydrogens is 194 g/mol. The number of H-pyrrole nitrogens is 1. The molecule has 0 amide bonds. The van der Waals surface area contributed by atoms with Gasteiger partial charge in [-0.25, -0.2) is 4.98 Å². The molecule has 0 aromatic carbocycles. The minimum atomic E-state index is -0.321. The summed E-state index contributed by atoms with van der Waals surface area (Å²) in [5.74, 6) is 0.434. The first-order valence-electron chi connectivity index (χ1n) is 4.95. The highest BCUT2D eigenvalue weighted by Gasteiger charge is 2.07. The molecular formula is C9H17N5O. The van der Waals surface area contributed by atoms with Crippen LogP contribution in [0.3, 0.4) is 0 Å². The number of hydrogen-bond acceptors (Lipinski definition) is 5. The molecule has 6 nitrogen and oxygen atoms in total. The van der Waals surface area contributed by atoms with Gasteiger partial charge in [-0.3, -0.25) is 4.79 Å². The molecule has 0 aliphatic rings. The fourth-order valence-corrected chi connectivity index (χ4v) is 1.25. The van der Waals surface area contributed by atoms with Crippen LogP contribution >= 0.6 is 0 Å². The number of anilines is 2. The van der Waals surface area contributed by atoms with Crippen LogP contribution in [-0.4, -0.2) is 22.6 Å². The quantitative estimate of drug-likeness (QED) is 0.543. The van der Waals surface area contributed by atoms with Crippen molar-refractivity contribution in [1.29, 1.82) is 0 Å². The summed E-state index contributed by atoms with van der Waals surface area (Å²) in [5, 5.41) is 3.07. The minimum absolute atomic E-state index is 0.122. The third kappa shape index (κ3) is 3.25. The summed E-state index contributed by atoms with van der Waals surface area (Å²) in [6.07, 6.45) is 3.18. The molecule has 6 heteroatoms. The van der Waals surface area contributed by atoms with Crippen molar-refractivity contribution in [3.05, 3.63) is 16.7 Å². The Morgan fingerprint density at radius 2 is 2.40 bits per heavy atom. The van der Waals surface area contributed by atoms with Crippen molar-refractivity contribution in [3.63, 3.8) is 0 Å². The van der Waals surface area contributed by atoms with Crippen molar-refractivity contribution in [1.82, 2.24) is 9.97 Å². The van der Waals surface area contributed by atoms with Gasteiger partial charge in [0, 0.05) is 6.04 Å². The number of nitrogens with two attached hydrogens (primary N) is 2. The summed E-state index contributed by atoms with van der Waals surface area (Å²) < 4.78 is 0. The lowest BCUT2D eigenvalue weighted by Crippen LogP contribution is -2.22. The lowest BCUT2D eigenvalue weighted by molar-refractivity contribution is 0.661. The molecule has 1 unspecified atom stereocenters. The van der Waals surface area contributed by atoms with Gasteiger partial charge in [-0.1, -0.05) is 0 Å². The average molecular weight is 211 g/mol. The summed E-state index contributed by atoms with van der Waals surface area (Å²) in [4.78, 5) is 17.5. The number of rotatable bonds is 5. The van der Waals surface area contributed by atoms with E-state index >= 15 is 0 Å². The molecule has 1 heterocycles. The Morgan fingerprint density at radius 3 is 3.07 bits per heavy atom. The van der Waals surface area contributed by atoms with Crippen molar-refractivity contribution in [2.45, 2.75) is 25.8 Å². The van der Waals surface area contributed by atoms with E-state index < -0.39 is 0 Å². The normalized spacial score (nSPS) is 12.4. The summed E-state index contributed by atoms with van der Waals surface area (Å²) in [6, 6.07) is 0.199. The molecule has 1 rings (SSSR count). The molecule has 15 heavy (non-hydrogen) atoms. The summed E-state index contributed by atoms with van der Waals surface area (Å²) in [6.45, 7) is 2.66. The molecule has 0 saturated carbocycles. The highest BCUT2D eigenvalue weighted by Crippen LogP contribution is 2.10. The van der Waals surface area contributed by atoms with Gasteiger partial charge >= 0.3 is 0 Å². The Bertz CT molecular complexity index is 362. The van der Waals surface area contributed by atoms with Gasteiger partial charge in [0.15, 0.2) is 5.82 Å². The Labute approximate surface area is 88.1 Å². The monoisotopic (exact) mass is 211 g/mol. The largest absolute Gasteiger partial charge is 0.391 e. The molecule has 1 aromatic heterocycles. The fourth-order valence-electron chi connectivity index (χ4n) is 1.25. The molecule has 0 aliphatic heterocycles. The highest BCUT2D eigenvalue weighted by molar-refractivity contribution is 5.59. The second-order valence-electron chi connectivity index (χ2n) is 3.47.